The Kier molecular flexibility index (Phi) is 4.78. The van der Waals surface area contributed by atoms with E-state index in [0.717, 1.165) is 30.4 Å². The molecule has 0 aromatic heterocycles. The van der Waals surface area contributed by atoms with Gasteiger partial charge in [0.2, 0.25) is 0 Å². The molecule has 0 fully saturated rings. The van der Waals surface area contributed by atoms with Crippen LogP contribution in [0.4, 0.5) is 5.69 Å². The molecule has 0 atom stereocenters. The molecule has 7 nitrogen and oxygen atoms in total. The maximum Gasteiger partial charge on any atom is 0.338 e. The Labute approximate surface area is 151 Å². The fourth-order valence-corrected chi connectivity index (χ4v) is 4.19. The van der Waals surface area contributed by atoms with E-state index in [-0.39, 0.29) is 27.6 Å². The average Bonchev–Trinajstić information content (AvgIpc) is 3.09. The van der Waals surface area contributed by atoms with Crippen LogP contribution in [0.25, 0.3) is 0 Å². The Morgan fingerprint density at radius 3 is 2.46 bits per heavy atom. The van der Waals surface area contributed by atoms with Gasteiger partial charge >= 0.3 is 5.97 Å². The average molecular weight is 377 g/mol. The molecular weight excluding hydrogens is 358 g/mol. The Morgan fingerprint density at radius 1 is 1.08 bits per heavy atom. The molecule has 3 rings (SSSR count). The zero-order valence-electron chi connectivity index (χ0n) is 14.4. The molecule has 26 heavy (non-hydrogen) atoms. The minimum absolute atomic E-state index is 0.0616. The van der Waals surface area contributed by atoms with Gasteiger partial charge in [0.15, 0.2) is 0 Å². The number of carbonyl (C=O) groups is 1. The number of aromatic carboxylic acids is 1. The first-order valence-corrected chi connectivity index (χ1v) is 9.48. The molecule has 0 saturated heterocycles. The fraction of sp³-hybridized carbons (Fsp3) is 0.278. The molecule has 1 aliphatic carbocycles. The monoisotopic (exact) mass is 377 g/mol. The molecule has 0 amide bonds. The van der Waals surface area contributed by atoms with Gasteiger partial charge in [-0.05, 0) is 48.6 Å². The molecule has 0 heterocycles. The smallest absolute Gasteiger partial charge is 0.338 e. The van der Waals surface area contributed by atoms with Gasteiger partial charge in [0.25, 0.3) is 10.0 Å². The van der Waals surface area contributed by atoms with E-state index in [0.29, 0.717) is 0 Å². The van der Waals surface area contributed by atoms with E-state index in [2.05, 4.69) is 4.72 Å². The molecule has 0 aliphatic heterocycles. The van der Waals surface area contributed by atoms with Gasteiger partial charge in [0.05, 0.1) is 24.7 Å². The number of anilines is 1. The summed E-state index contributed by atoms with van der Waals surface area (Å²) < 4.78 is 38.2. The maximum absolute atomic E-state index is 12.8. The third kappa shape index (κ3) is 3.32. The Hall–Kier alpha value is -2.74. The van der Waals surface area contributed by atoms with Gasteiger partial charge in [-0.2, -0.15) is 0 Å². The van der Waals surface area contributed by atoms with Crippen molar-refractivity contribution in [2.75, 3.05) is 18.9 Å². The van der Waals surface area contributed by atoms with Crippen LogP contribution in [0.1, 0.15) is 27.9 Å². The van der Waals surface area contributed by atoms with Crippen molar-refractivity contribution in [1.29, 1.82) is 0 Å². The van der Waals surface area contributed by atoms with E-state index in [1.54, 1.807) is 12.1 Å². The van der Waals surface area contributed by atoms with E-state index in [4.69, 9.17) is 9.47 Å². The predicted octanol–water partition coefficient (Wildman–Crippen LogP) is 2.69. The number of methoxy groups -OCH3 is 2. The maximum atomic E-state index is 12.8. The fourth-order valence-electron chi connectivity index (χ4n) is 3.05. The Bertz CT molecular complexity index is 968. The number of nitrogens with one attached hydrogen (secondary N) is 1. The van der Waals surface area contributed by atoms with E-state index < -0.39 is 16.0 Å². The molecule has 1 aliphatic rings. The highest BCUT2D eigenvalue weighted by atomic mass is 32.2. The topological polar surface area (TPSA) is 102 Å². The second kappa shape index (κ2) is 6.87. The highest BCUT2D eigenvalue weighted by Gasteiger charge is 2.24. The first kappa shape index (κ1) is 18.1. The van der Waals surface area contributed by atoms with Crippen molar-refractivity contribution in [2.45, 2.75) is 24.2 Å². The molecule has 0 spiro atoms. The summed E-state index contributed by atoms with van der Waals surface area (Å²) in [4.78, 5) is 11.7. The molecule has 0 saturated carbocycles. The van der Waals surface area contributed by atoms with Crippen LogP contribution in [-0.4, -0.2) is 33.7 Å². The van der Waals surface area contributed by atoms with Gasteiger partial charge in [-0.1, -0.05) is 6.07 Å². The highest BCUT2D eigenvalue weighted by Crippen LogP contribution is 2.35. The number of fused-ring (bicyclic) bond motifs is 1. The lowest BCUT2D eigenvalue weighted by molar-refractivity contribution is 0.0697. The number of carboxylic acid groups (broad SMARTS) is 1. The first-order valence-electron chi connectivity index (χ1n) is 7.99. The van der Waals surface area contributed by atoms with Gasteiger partial charge in [0.1, 0.15) is 17.2 Å². The van der Waals surface area contributed by atoms with Crippen molar-refractivity contribution in [3.8, 4) is 11.5 Å². The lowest BCUT2D eigenvalue weighted by atomic mass is 10.1. The lowest BCUT2D eigenvalue weighted by Gasteiger charge is -2.16. The number of hydrogen-bond acceptors (Lipinski definition) is 5. The summed E-state index contributed by atoms with van der Waals surface area (Å²) in [5, 5.41) is 9.45. The summed E-state index contributed by atoms with van der Waals surface area (Å²) >= 11 is 0. The molecule has 2 aromatic rings. The minimum Gasteiger partial charge on any atom is -0.497 e. The van der Waals surface area contributed by atoms with Gasteiger partial charge in [0, 0.05) is 6.07 Å². The van der Waals surface area contributed by atoms with Crippen LogP contribution in [0.15, 0.2) is 35.2 Å². The largest absolute Gasteiger partial charge is 0.497 e. The zero-order chi connectivity index (χ0) is 18.9. The van der Waals surface area contributed by atoms with Crippen molar-refractivity contribution < 1.29 is 27.8 Å². The standard InChI is InChI=1S/C18H19NO6S/c1-24-13-9-15(18(20)21)17(16(10-13)25-2)19-26(22,23)14-7-6-11-4-3-5-12(11)8-14/h6-10,19H,3-5H2,1-2H3,(H,20,21). The van der Waals surface area contributed by atoms with Crippen molar-refractivity contribution in [2.24, 2.45) is 0 Å². The van der Waals surface area contributed by atoms with Crippen molar-refractivity contribution in [1.82, 2.24) is 0 Å². The van der Waals surface area contributed by atoms with Gasteiger partial charge < -0.3 is 14.6 Å². The Morgan fingerprint density at radius 2 is 1.81 bits per heavy atom. The third-order valence-corrected chi connectivity index (χ3v) is 5.73. The summed E-state index contributed by atoms with van der Waals surface area (Å²) in [5.74, 6) is -0.986. The molecule has 0 bridgehead atoms. The van der Waals surface area contributed by atoms with Crippen LogP contribution in [0.3, 0.4) is 0 Å². The van der Waals surface area contributed by atoms with Crippen LogP contribution in [0, 0.1) is 0 Å². The third-order valence-electron chi connectivity index (χ3n) is 4.38. The number of carboxylic acids is 1. The van der Waals surface area contributed by atoms with Crippen LogP contribution in [-0.2, 0) is 22.9 Å². The second-order valence-electron chi connectivity index (χ2n) is 5.95. The first-order chi connectivity index (χ1) is 12.4. The Balaban J connectivity index is 2.05. The number of sulfonamides is 1. The van der Waals surface area contributed by atoms with Crippen LogP contribution in [0.5, 0.6) is 11.5 Å². The minimum atomic E-state index is -3.98. The van der Waals surface area contributed by atoms with E-state index in [1.165, 1.54) is 32.4 Å². The summed E-state index contributed by atoms with van der Waals surface area (Å²) in [7, 11) is -1.27. The highest BCUT2D eigenvalue weighted by molar-refractivity contribution is 7.92. The molecule has 2 aromatic carbocycles. The molecule has 8 heteroatoms. The predicted molar refractivity (Wildman–Crippen MR) is 95.8 cm³/mol. The molecule has 0 radical (unpaired) electrons. The number of rotatable bonds is 6. The van der Waals surface area contributed by atoms with Crippen LogP contribution >= 0.6 is 0 Å². The number of ether oxygens (including phenoxy) is 2. The van der Waals surface area contributed by atoms with Crippen molar-refractivity contribution in [3.05, 3.63) is 47.0 Å². The van der Waals surface area contributed by atoms with E-state index in [1.807, 2.05) is 0 Å². The summed E-state index contributed by atoms with van der Waals surface area (Å²) in [6.07, 6.45) is 2.78. The molecule has 0 unspecified atom stereocenters. The summed E-state index contributed by atoms with van der Waals surface area (Å²) in [5.41, 5.74) is 1.76. The van der Waals surface area contributed by atoms with Gasteiger partial charge in [-0.15, -0.1) is 0 Å². The van der Waals surface area contributed by atoms with Crippen LogP contribution < -0.4 is 14.2 Å². The molecule has 138 valence electrons. The lowest BCUT2D eigenvalue weighted by Crippen LogP contribution is -2.17. The van der Waals surface area contributed by atoms with E-state index >= 15 is 0 Å². The van der Waals surface area contributed by atoms with E-state index in [9.17, 15) is 18.3 Å². The van der Waals surface area contributed by atoms with Gasteiger partial charge in [-0.25, -0.2) is 13.2 Å². The zero-order valence-corrected chi connectivity index (χ0v) is 15.2. The normalized spacial score (nSPS) is 13.2. The summed E-state index contributed by atoms with van der Waals surface area (Å²) in [6, 6.07) is 7.64. The van der Waals surface area contributed by atoms with Crippen LogP contribution in [0.2, 0.25) is 0 Å². The van der Waals surface area contributed by atoms with Gasteiger partial charge in [-0.3, -0.25) is 4.72 Å². The van der Waals surface area contributed by atoms with Crippen molar-refractivity contribution >= 4 is 21.7 Å². The molecule has 2 N–H and O–H groups in total. The summed E-state index contributed by atoms with van der Waals surface area (Å²) in [6.45, 7) is 0. The number of hydrogen-bond donors (Lipinski definition) is 2. The quantitative estimate of drug-likeness (QED) is 0.802. The number of benzene rings is 2. The van der Waals surface area contributed by atoms with Crippen molar-refractivity contribution in [3.63, 3.8) is 0 Å². The second-order valence-corrected chi connectivity index (χ2v) is 7.63. The number of aryl methyl sites for hydroxylation is 2. The SMILES string of the molecule is COc1cc(OC)c(NS(=O)(=O)c2ccc3c(c2)CCC3)c(C(=O)O)c1. The molecular formula is C18H19NO6S.